The molecule has 0 aliphatic carbocycles. The summed E-state index contributed by atoms with van der Waals surface area (Å²) in [6, 6.07) is 18.7. The highest BCUT2D eigenvalue weighted by molar-refractivity contribution is 6.56. The average molecular weight is 485 g/mol. The van der Waals surface area contributed by atoms with Crippen LogP contribution in [0.2, 0.25) is 0 Å². The fraction of sp³-hybridized carbons (Fsp3) is 0.367. The maximum Gasteiger partial charge on any atom is 0.490 e. The van der Waals surface area contributed by atoms with Gasteiger partial charge >= 0.3 is 13.1 Å². The zero-order valence-electron chi connectivity index (χ0n) is 22.2. The van der Waals surface area contributed by atoms with Crippen molar-refractivity contribution >= 4 is 35.6 Å². The lowest BCUT2D eigenvalue weighted by molar-refractivity contribution is -0.137. The molecule has 0 spiro atoms. The van der Waals surface area contributed by atoms with E-state index in [1.165, 1.54) is 6.08 Å². The number of ether oxygens (including phenoxy) is 1. The van der Waals surface area contributed by atoms with Gasteiger partial charge in [0, 0.05) is 40.3 Å². The standard InChI is InChI=1S/C30H36BNO4/c1-7-24(31-35-20-29(3,4)30(5,6)36-31)28(26-19-23-11-9-10-12-25(23)32-26)22-16-13-21(14-17-22)15-18-27(33)34-8-2/h9-19,32H,7-8,20H2,1-6H3/b18-15+,28-24+. The first kappa shape index (κ1) is 26.0. The van der Waals surface area contributed by atoms with Gasteiger partial charge in [0.15, 0.2) is 0 Å². The number of carbonyl (C=O) groups is 1. The van der Waals surface area contributed by atoms with Gasteiger partial charge in [-0.2, -0.15) is 0 Å². The van der Waals surface area contributed by atoms with E-state index in [1.807, 2.05) is 24.3 Å². The number of hydrogen-bond acceptors (Lipinski definition) is 4. The fourth-order valence-corrected chi connectivity index (χ4v) is 4.39. The minimum absolute atomic E-state index is 0.101. The van der Waals surface area contributed by atoms with Crippen molar-refractivity contribution in [3.8, 4) is 0 Å². The summed E-state index contributed by atoms with van der Waals surface area (Å²) >= 11 is 0. The predicted octanol–water partition coefficient (Wildman–Crippen LogP) is 6.84. The number of allylic oxidation sites excluding steroid dienone is 1. The van der Waals surface area contributed by atoms with Gasteiger partial charge in [0.1, 0.15) is 0 Å². The maximum atomic E-state index is 11.7. The van der Waals surface area contributed by atoms with Crippen LogP contribution in [0.15, 0.2) is 66.1 Å². The first-order chi connectivity index (χ1) is 17.1. The normalized spacial score (nSPS) is 17.9. The Morgan fingerprint density at radius 1 is 1.08 bits per heavy atom. The molecule has 188 valence electrons. The van der Waals surface area contributed by atoms with Crippen LogP contribution in [0.4, 0.5) is 0 Å². The Balaban J connectivity index is 1.79. The smallest absolute Gasteiger partial charge is 0.463 e. The van der Waals surface area contributed by atoms with Gasteiger partial charge in [0.2, 0.25) is 0 Å². The van der Waals surface area contributed by atoms with Crippen LogP contribution in [0.5, 0.6) is 0 Å². The van der Waals surface area contributed by atoms with Crippen LogP contribution < -0.4 is 0 Å². The molecule has 5 nitrogen and oxygen atoms in total. The zero-order chi connectivity index (χ0) is 25.9. The molecule has 0 bridgehead atoms. The molecule has 0 unspecified atom stereocenters. The quantitative estimate of drug-likeness (QED) is 0.226. The largest absolute Gasteiger partial charge is 0.490 e. The van der Waals surface area contributed by atoms with E-state index >= 15 is 0 Å². The van der Waals surface area contributed by atoms with Crippen LogP contribution in [-0.2, 0) is 18.8 Å². The Hall–Kier alpha value is -3.09. The van der Waals surface area contributed by atoms with Crippen molar-refractivity contribution < 1.29 is 18.8 Å². The molecule has 2 heterocycles. The topological polar surface area (TPSA) is 60.6 Å². The number of para-hydroxylation sites is 1. The average Bonchev–Trinajstić information content (AvgIpc) is 3.27. The molecule has 4 rings (SSSR count). The van der Waals surface area contributed by atoms with Gasteiger partial charge in [-0.1, -0.05) is 63.2 Å². The SMILES string of the molecule is CCOC(=O)/C=C/c1ccc(/C(=C(/CC)B2OCC(C)(C)C(C)(C)O2)c2cc3ccccc3[nH]2)cc1. The van der Waals surface area contributed by atoms with E-state index < -0.39 is 7.12 Å². The first-order valence-electron chi connectivity index (χ1n) is 12.7. The summed E-state index contributed by atoms with van der Waals surface area (Å²) in [5.41, 5.74) is 5.82. The Bertz CT molecular complexity index is 1250. The number of carbonyl (C=O) groups excluding carboxylic acids is 1. The highest BCUT2D eigenvalue weighted by Crippen LogP contribution is 2.41. The number of nitrogens with one attached hydrogen (secondary N) is 1. The molecule has 36 heavy (non-hydrogen) atoms. The summed E-state index contributed by atoms with van der Waals surface area (Å²) in [7, 11) is -0.442. The van der Waals surface area contributed by atoms with Crippen LogP contribution in [0, 0.1) is 5.41 Å². The molecule has 0 amide bonds. The lowest BCUT2D eigenvalue weighted by Gasteiger charge is -2.48. The van der Waals surface area contributed by atoms with Crippen LogP contribution in [0.25, 0.3) is 22.6 Å². The monoisotopic (exact) mass is 485 g/mol. The number of fused-ring (bicyclic) bond motifs is 1. The van der Waals surface area contributed by atoms with Crippen molar-refractivity contribution in [2.24, 2.45) is 5.41 Å². The van der Waals surface area contributed by atoms with Crippen LogP contribution in [-0.4, -0.2) is 36.9 Å². The second-order valence-electron chi connectivity index (χ2n) is 10.4. The van der Waals surface area contributed by atoms with Crippen molar-refractivity contribution in [1.82, 2.24) is 4.98 Å². The number of esters is 1. The summed E-state index contributed by atoms with van der Waals surface area (Å²) in [6.45, 7) is 13.6. The molecular weight excluding hydrogens is 449 g/mol. The van der Waals surface area contributed by atoms with Crippen LogP contribution >= 0.6 is 0 Å². The van der Waals surface area contributed by atoms with E-state index in [0.29, 0.717) is 13.2 Å². The molecule has 0 saturated carbocycles. The Morgan fingerprint density at radius 3 is 2.44 bits per heavy atom. The van der Waals surface area contributed by atoms with Crippen molar-refractivity contribution in [3.63, 3.8) is 0 Å². The summed E-state index contributed by atoms with van der Waals surface area (Å²) in [5, 5.41) is 1.15. The molecule has 1 N–H and O–H groups in total. The predicted molar refractivity (Wildman–Crippen MR) is 147 cm³/mol. The van der Waals surface area contributed by atoms with Gasteiger partial charge in [0.25, 0.3) is 0 Å². The van der Waals surface area contributed by atoms with Gasteiger partial charge < -0.3 is 19.0 Å². The van der Waals surface area contributed by atoms with E-state index in [0.717, 1.165) is 45.2 Å². The van der Waals surface area contributed by atoms with E-state index in [1.54, 1.807) is 13.0 Å². The highest BCUT2D eigenvalue weighted by atomic mass is 16.6. The number of hydrogen-bond donors (Lipinski definition) is 1. The van der Waals surface area contributed by atoms with E-state index in [-0.39, 0.29) is 17.0 Å². The van der Waals surface area contributed by atoms with Gasteiger partial charge in [0.05, 0.1) is 12.2 Å². The lowest BCUT2D eigenvalue weighted by atomic mass is 9.66. The fourth-order valence-electron chi connectivity index (χ4n) is 4.39. The molecule has 0 atom stereocenters. The van der Waals surface area contributed by atoms with Gasteiger partial charge in [-0.15, -0.1) is 0 Å². The highest BCUT2D eigenvalue weighted by Gasteiger charge is 2.47. The van der Waals surface area contributed by atoms with Crippen molar-refractivity contribution in [3.05, 3.63) is 83.0 Å². The van der Waals surface area contributed by atoms with Crippen LogP contribution in [0.3, 0.4) is 0 Å². The van der Waals surface area contributed by atoms with Gasteiger partial charge in [-0.25, -0.2) is 4.79 Å². The van der Waals surface area contributed by atoms with Gasteiger partial charge in [-0.05, 0) is 62.0 Å². The van der Waals surface area contributed by atoms with E-state index in [2.05, 4.69) is 69.9 Å². The molecule has 2 aromatic carbocycles. The molecule has 0 radical (unpaired) electrons. The Morgan fingerprint density at radius 2 is 1.81 bits per heavy atom. The number of aromatic nitrogens is 1. The van der Waals surface area contributed by atoms with Crippen molar-refractivity contribution in [2.45, 2.75) is 53.6 Å². The molecule has 6 heteroatoms. The Kier molecular flexibility index (Phi) is 7.58. The molecule has 1 aliphatic rings. The third-order valence-corrected chi connectivity index (χ3v) is 7.31. The van der Waals surface area contributed by atoms with E-state index in [4.69, 9.17) is 14.0 Å². The van der Waals surface area contributed by atoms with Gasteiger partial charge in [-0.3, -0.25) is 0 Å². The molecule has 1 aliphatic heterocycles. The third-order valence-electron chi connectivity index (χ3n) is 7.31. The number of H-pyrrole nitrogens is 1. The van der Waals surface area contributed by atoms with E-state index in [9.17, 15) is 4.79 Å². The zero-order valence-corrected chi connectivity index (χ0v) is 22.2. The van der Waals surface area contributed by atoms with Crippen molar-refractivity contribution in [1.29, 1.82) is 0 Å². The first-order valence-corrected chi connectivity index (χ1v) is 12.7. The lowest BCUT2D eigenvalue weighted by Crippen LogP contribution is -2.55. The summed E-state index contributed by atoms with van der Waals surface area (Å²) < 4.78 is 17.9. The minimum atomic E-state index is -0.442. The number of rotatable bonds is 7. The molecule has 1 saturated heterocycles. The van der Waals surface area contributed by atoms with Crippen LogP contribution in [0.1, 0.15) is 64.8 Å². The third kappa shape index (κ3) is 5.35. The minimum Gasteiger partial charge on any atom is -0.463 e. The molecular formula is C30H36BNO4. The maximum absolute atomic E-state index is 11.7. The second-order valence-corrected chi connectivity index (χ2v) is 10.4. The summed E-state index contributed by atoms with van der Waals surface area (Å²) in [5.74, 6) is -0.342. The summed E-state index contributed by atoms with van der Waals surface area (Å²) in [4.78, 5) is 15.3. The molecule has 3 aromatic rings. The molecule has 1 fully saturated rings. The van der Waals surface area contributed by atoms with Crippen molar-refractivity contribution in [2.75, 3.05) is 13.2 Å². The second kappa shape index (κ2) is 10.5. The molecule has 1 aromatic heterocycles. The number of benzene rings is 2. The summed E-state index contributed by atoms with van der Waals surface area (Å²) in [6.07, 6.45) is 4.00. The Labute approximate surface area is 214 Å². The number of aromatic amines is 1.